The van der Waals surface area contributed by atoms with Gasteiger partial charge >= 0.3 is 0 Å². The third-order valence-corrected chi connectivity index (χ3v) is 6.59. The molecule has 38 heavy (non-hydrogen) atoms. The molecule has 2 N–H and O–H groups in total. The number of ether oxygens (including phenoxy) is 2. The molecule has 0 bridgehead atoms. The van der Waals surface area contributed by atoms with Gasteiger partial charge in [-0.1, -0.05) is 38.4 Å². The van der Waals surface area contributed by atoms with Crippen molar-refractivity contribution in [2.24, 2.45) is 5.73 Å². The van der Waals surface area contributed by atoms with Crippen molar-refractivity contribution in [2.45, 2.75) is 52.5 Å². The third kappa shape index (κ3) is 5.81. The fourth-order valence-electron chi connectivity index (χ4n) is 4.18. The molecule has 0 aliphatic heterocycles. The molecule has 8 nitrogen and oxygen atoms in total. The Kier molecular flexibility index (Phi) is 7.73. The molecule has 0 aliphatic rings. The van der Waals surface area contributed by atoms with E-state index in [9.17, 15) is 9.59 Å². The highest BCUT2D eigenvalue weighted by atomic mass is 35.5. The number of methoxy groups -OCH3 is 1. The van der Waals surface area contributed by atoms with Gasteiger partial charge < -0.3 is 15.2 Å². The first kappa shape index (κ1) is 27.1. The summed E-state index contributed by atoms with van der Waals surface area (Å²) in [6.07, 6.45) is 2.07. The zero-order chi connectivity index (χ0) is 27.6. The van der Waals surface area contributed by atoms with Crippen molar-refractivity contribution in [2.75, 3.05) is 7.11 Å². The molecule has 2 aromatic heterocycles. The zero-order valence-electron chi connectivity index (χ0n) is 22.2. The lowest BCUT2D eigenvalue weighted by molar-refractivity contribution is -0.117. The summed E-state index contributed by atoms with van der Waals surface area (Å²) in [7, 11) is 1.46. The minimum Gasteiger partial charge on any atom is -0.496 e. The lowest BCUT2D eigenvalue weighted by Crippen LogP contribution is -2.13. The molecule has 0 unspecified atom stereocenters. The summed E-state index contributed by atoms with van der Waals surface area (Å²) in [6, 6.07) is 12.1. The number of carbonyl (C=O) groups excluding carboxylic acids is 2. The summed E-state index contributed by atoms with van der Waals surface area (Å²) in [5.74, 6) is 0.718. The number of halogens is 1. The Labute approximate surface area is 226 Å². The van der Waals surface area contributed by atoms with Gasteiger partial charge in [-0.2, -0.15) is 5.10 Å². The van der Waals surface area contributed by atoms with Crippen LogP contribution in [-0.4, -0.2) is 33.6 Å². The van der Waals surface area contributed by atoms with Crippen LogP contribution in [0.2, 0.25) is 5.02 Å². The van der Waals surface area contributed by atoms with E-state index >= 15 is 0 Å². The highest BCUT2D eigenvalue weighted by Crippen LogP contribution is 2.34. The number of hydrogen-bond acceptors (Lipinski definition) is 6. The minimum absolute atomic E-state index is 0.0451. The molecule has 9 heteroatoms. The van der Waals surface area contributed by atoms with Crippen molar-refractivity contribution in [1.82, 2.24) is 14.8 Å². The van der Waals surface area contributed by atoms with E-state index in [0.29, 0.717) is 45.3 Å². The standard InChI is InChI=1S/C29H31ClN4O4/c1-6-34-18(13-27(33-34)29(2,3)4)12-19(35)11-17-7-8-20(14-23(17)30)38-25-9-10-32-24-16-26(37-5)22(28(31)36)15-21(24)25/h7-10,13-16H,6,11-12H2,1-5H3,(H2,31,36). The third-order valence-electron chi connectivity index (χ3n) is 6.24. The van der Waals surface area contributed by atoms with Gasteiger partial charge in [0, 0.05) is 53.2 Å². The molecule has 198 valence electrons. The van der Waals surface area contributed by atoms with Crippen LogP contribution in [0.3, 0.4) is 0 Å². The van der Waals surface area contributed by atoms with Crippen molar-refractivity contribution < 1.29 is 19.1 Å². The van der Waals surface area contributed by atoms with Crippen LogP contribution in [0.15, 0.2) is 48.7 Å². The number of benzene rings is 2. The fourth-order valence-corrected chi connectivity index (χ4v) is 4.41. The van der Waals surface area contributed by atoms with Gasteiger partial charge in [-0.05, 0) is 42.8 Å². The average molecular weight is 535 g/mol. The molecule has 2 aromatic carbocycles. The first-order valence-electron chi connectivity index (χ1n) is 12.3. The van der Waals surface area contributed by atoms with Gasteiger partial charge in [0.15, 0.2) is 0 Å². The number of fused-ring (bicyclic) bond motifs is 1. The molecule has 0 atom stereocenters. The highest BCUT2D eigenvalue weighted by Gasteiger charge is 2.21. The Bertz CT molecular complexity index is 1520. The summed E-state index contributed by atoms with van der Waals surface area (Å²) in [5, 5.41) is 5.68. The molecule has 1 amide bonds. The number of aryl methyl sites for hydroxylation is 1. The molecule has 4 rings (SSSR count). The summed E-state index contributed by atoms with van der Waals surface area (Å²) in [6.45, 7) is 9.02. The van der Waals surface area contributed by atoms with Gasteiger partial charge in [-0.25, -0.2) is 0 Å². The van der Waals surface area contributed by atoms with Crippen molar-refractivity contribution >= 4 is 34.2 Å². The Morgan fingerprint density at radius 1 is 1.05 bits per heavy atom. The van der Waals surface area contributed by atoms with Crippen LogP contribution < -0.4 is 15.2 Å². The van der Waals surface area contributed by atoms with E-state index in [1.165, 1.54) is 7.11 Å². The van der Waals surface area contributed by atoms with Gasteiger partial charge in [-0.15, -0.1) is 0 Å². The SMILES string of the molecule is CCn1nc(C(C)(C)C)cc1CC(=O)Cc1ccc(Oc2ccnc3cc(OC)c(C(N)=O)cc23)cc1Cl. The molecular weight excluding hydrogens is 504 g/mol. The van der Waals surface area contributed by atoms with Crippen molar-refractivity contribution in [3.05, 3.63) is 76.2 Å². The van der Waals surface area contributed by atoms with Gasteiger partial charge in [0.1, 0.15) is 23.0 Å². The number of pyridine rings is 1. The second kappa shape index (κ2) is 10.8. The predicted molar refractivity (Wildman–Crippen MR) is 147 cm³/mol. The summed E-state index contributed by atoms with van der Waals surface area (Å²) in [5.41, 5.74) is 8.80. The van der Waals surface area contributed by atoms with Gasteiger partial charge in [-0.3, -0.25) is 19.3 Å². The van der Waals surface area contributed by atoms with Crippen molar-refractivity contribution in [3.63, 3.8) is 0 Å². The maximum absolute atomic E-state index is 12.9. The summed E-state index contributed by atoms with van der Waals surface area (Å²) < 4.78 is 13.2. The quantitative estimate of drug-likeness (QED) is 0.297. The zero-order valence-corrected chi connectivity index (χ0v) is 22.9. The molecule has 0 radical (unpaired) electrons. The molecule has 4 aromatic rings. The fraction of sp³-hybridized carbons (Fsp3) is 0.310. The monoisotopic (exact) mass is 534 g/mol. The number of aromatic nitrogens is 3. The lowest BCUT2D eigenvalue weighted by atomic mass is 9.92. The topological polar surface area (TPSA) is 109 Å². The van der Waals surface area contributed by atoms with E-state index in [1.807, 2.05) is 17.7 Å². The predicted octanol–water partition coefficient (Wildman–Crippen LogP) is 5.66. The Morgan fingerprint density at radius 2 is 1.82 bits per heavy atom. The summed E-state index contributed by atoms with van der Waals surface area (Å²) >= 11 is 6.55. The second-order valence-corrected chi connectivity index (χ2v) is 10.5. The number of rotatable bonds is 9. The highest BCUT2D eigenvalue weighted by molar-refractivity contribution is 6.31. The van der Waals surface area contributed by atoms with Crippen LogP contribution in [-0.2, 0) is 29.6 Å². The molecule has 0 spiro atoms. The van der Waals surface area contributed by atoms with E-state index in [-0.39, 0.29) is 29.6 Å². The summed E-state index contributed by atoms with van der Waals surface area (Å²) in [4.78, 5) is 29.2. The second-order valence-electron chi connectivity index (χ2n) is 10.1. The molecular formula is C29H31ClN4O4. The van der Waals surface area contributed by atoms with Crippen LogP contribution in [0.1, 0.15) is 55.0 Å². The first-order chi connectivity index (χ1) is 18.0. The van der Waals surface area contributed by atoms with Crippen LogP contribution in [0.5, 0.6) is 17.2 Å². The first-order valence-corrected chi connectivity index (χ1v) is 12.7. The normalized spacial score (nSPS) is 11.5. The van der Waals surface area contributed by atoms with Crippen LogP contribution in [0.25, 0.3) is 10.9 Å². The van der Waals surface area contributed by atoms with Crippen molar-refractivity contribution in [1.29, 1.82) is 0 Å². The number of carbonyl (C=O) groups is 2. The smallest absolute Gasteiger partial charge is 0.252 e. The average Bonchev–Trinajstić information content (AvgIpc) is 3.28. The van der Waals surface area contributed by atoms with E-state index in [0.717, 1.165) is 11.4 Å². The number of nitrogens with two attached hydrogens (primary N) is 1. The van der Waals surface area contributed by atoms with Crippen molar-refractivity contribution in [3.8, 4) is 17.2 Å². The minimum atomic E-state index is -0.618. The van der Waals surface area contributed by atoms with Crippen LogP contribution in [0.4, 0.5) is 0 Å². The van der Waals surface area contributed by atoms with E-state index in [4.69, 9.17) is 26.8 Å². The molecule has 0 aliphatic carbocycles. The number of Topliss-reactive ketones (excluding diaryl/α,β-unsaturated/α-hetero) is 1. The number of hydrogen-bond donors (Lipinski definition) is 1. The maximum atomic E-state index is 12.9. The molecule has 2 heterocycles. The number of nitrogens with zero attached hydrogens (tertiary/aromatic N) is 3. The van der Waals surface area contributed by atoms with E-state index < -0.39 is 5.91 Å². The van der Waals surface area contributed by atoms with Crippen LogP contribution in [0, 0.1) is 0 Å². The number of amides is 1. The largest absolute Gasteiger partial charge is 0.496 e. The maximum Gasteiger partial charge on any atom is 0.252 e. The van der Waals surface area contributed by atoms with Gasteiger partial charge in [0.05, 0.1) is 23.9 Å². The number of primary amides is 1. The van der Waals surface area contributed by atoms with E-state index in [1.54, 1.807) is 42.6 Å². The Hall–Kier alpha value is -3.91. The van der Waals surface area contributed by atoms with Gasteiger partial charge in [0.25, 0.3) is 5.91 Å². The lowest BCUT2D eigenvalue weighted by Gasteiger charge is -2.14. The molecule has 0 fully saturated rings. The Balaban J connectivity index is 1.53. The number of ketones is 1. The molecule has 0 saturated carbocycles. The Morgan fingerprint density at radius 3 is 2.45 bits per heavy atom. The van der Waals surface area contributed by atoms with E-state index in [2.05, 4.69) is 30.9 Å². The molecule has 0 saturated heterocycles. The van der Waals surface area contributed by atoms with Crippen LogP contribution >= 0.6 is 11.6 Å². The van der Waals surface area contributed by atoms with Gasteiger partial charge in [0.2, 0.25) is 0 Å².